The molecular weight excluding hydrogens is 466 g/mol. The lowest BCUT2D eigenvalue weighted by Crippen LogP contribution is -2.07. The SMILES string of the molecule is Cn1ncc(-c2nccn2-c2ccccc2C(Br)(Br)Br)n1. The molecule has 0 spiro atoms. The highest BCUT2D eigenvalue weighted by atomic mass is 80.0. The monoisotopic (exact) mass is 473 g/mol. The summed E-state index contributed by atoms with van der Waals surface area (Å²) in [6.45, 7) is 0. The van der Waals surface area contributed by atoms with Crippen molar-refractivity contribution in [2.45, 2.75) is 2.14 Å². The maximum absolute atomic E-state index is 4.40. The lowest BCUT2D eigenvalue weighted by molar-refractivity contribution is 0.654. The summed E-state index contributed by atoms with van der Waals surface area (Å²) in [5.74, 6) is 0.743. The summed E-state index contributed by atoms with van der Waals surface area (Å²) >= 11 is 10.7. The number of para-hydroxylation sites is 1. The van der Waals surface area contributed by atoms with Crippen LogP contribution >= 0.6 is 47.8 Å². The molecule has 0 saturated carbocycles. The van der Waals surface area contributed by atoms with Gasteiger partial charge < -0.3 is 0 Å². The van der Waals surface area contributed by atoms with E-state index >= 15 is 0 Å². The normalized spacial score (nSPS) is 11.8. The Morgan fingerprint density at radius 3 is 2.57 bits per heavy atom. The summed E-state index contributed by atoms with van der Waals surface area (Å²) in [6.07, 6.45) is 5.35. The fourth-order valence-electron chi connectivity index (χ4n) is 2.06. The first-order chi connectivity index (χ1) is 9.97. The molecule has 3 rings (SSSR count). The summed E-state index contributed by atoms with van der Waals surface area (Å²) in [7, 11) is 1.78. The second-order valence-electron chi connectivity index (χ2n) is 4.36. The molecule has 0 saturated heterocycles. The number of aryl methyl sites for hydroxylation is 1. The Morgan fingerprint density at radius 1 is 1.14 bits per heavy atom. The fraction of sp³-hybridized carbons (Fsp3) is 0.154. The molecule has 0 aliphatic heterocycles. The largest absolute Gasteiger partial charge is 0.298 e. The molecule has 0 fully saturated rings. The summed E-state index contributed by atoms with van der Waals surface area (Å²) in [5, 5.41) is 8.42. The Balaban J connectivity index is 2.18. The van der Waals surface area contributed by atoms with Crippen LogP contribution in [0.3, 0.4) is 0 Å². The number of imidazole rings is 1. The number of aromatic nitrogens is 5. The van der Waals surface area contributed by atoms with E-state index in [-0.39, 0.29) is 0 Å². The minimum absolute atomic E-state index is 0.506. The molecule has 0 atom stereocenters. The molecule has 0 radical (unpaired) electrons. The molecule has 0 unspecified atom stereocenters. The third-order valence-corrected chi connectivity index (χ3v) is 4.22. The first-order valence-corrected chi connectivity index (χ1v) is 8.41. The number of nitrogens with zero attached hydrogens (tertiary/aromatic N) is 5. The van der Waals surface area contributed by atoms with Crippen molar-refractivity contribution in [2.75, 3.05) is 0 Å². The Labute approximate surface area is 146 Å². The summed E-state index contributed by atoms with van der Waals surface area (Å²) in [6, 6.07) is 8.01. The minimum Gasteiger partial charge on any atom is -0.298 e. The van der Waals surface area contributed by atoms with Crippen molar-refractivity contribution in [3.63, 3.8) is 0 Å². The zero-order chi connectivity index (χ0) is 15.0. The number of alkyl halides is 3. The average Bonchev–Trinajstić information content (AvgIpc) is 3.06. The fourth-order valence-corrected chi connectivity index (χ4v) is 3.06. The maximum Gasteiger partial charge on any atom is 0.166 e. The molecular formula is C13H10Br3N5. The Morgan fingerprint density at radius 2 is 1.90 bits per heavy atom. The lowest BCUT2D eigenvalue weighted by Gasteiger charge is -2.18. The lowest BCUT2D eigenvalue weighted by atomic mass is 10.2. The van der Waals surface area contributed by atoms with Gasteiger partial charge >= 0.3 is 0 Å². The van der Waals surface area contributed by atoms with Crippen molar-refractivity contribution in [1.82, 2.24) is 24.5 Å². The molecule has 0 aliphatic carbocycles. The van der Waals surface area contributed by atoms with E-state index in [0.29, 0.717) is 0 Å². The smallest absolute Gasteiger partial charge is 0.166 e. The highest BCUT2D eigenvalue weighted by Gasteiger charge is 2.25. The van der Waals surface area contributed by atoms with E-state index in [1.165, 1.54) is 4.80 Å². The van der Waals surface area contributed by atoms with Crippen LogP contribution in [-0.2, 0) is 9.19 Å². The van der Waals surface area contributed by atoms with E-state index in [1.807, 2.05) is 35.0 Å². The number of halogens is 3. The van der Waals surface area contributed by atoms with Gasteiger partial charge in [-0.2, -0.15) is 15.0 Å². The molecule has 2 heterocycles. The first-order valence-electron chi connectivity index (χ1n) is 6.03. The van der Waals surface area contributed by atoms with E-state index in [9.17, 15) is 0 Å². The van der Waals surface area contributed by atoms with Crippen LogP contribution in [-0.4, -0.2) is 24.5 Å². The van der Waals surface area contributed by atoms with Crippen molar-refractivity contribution in [1.29, 1.82) is 0 Å². The summed E-state index contributed by atoms with van der Waals surface area (Å²) < 4.78 is 1.48. The standard InChI is InChI=1S/C13H10Br3N5/c1-20-18-8-10(19-20)12-17-6-7-21(12)11-5-3-2-4-9(11)13(14,15)16/h2-8H,1H3. The molecule has 8 heteroatoms. The van der Waals surface area contributed by atoms with E-state index in [2.05, 4.69) is 63.0 Å². The van der Waals surface area contributed by atoms with Crippen LogP contribution in [0.5, 0.6) is 0 Å². The average molecular weight is 476 g/mol. The Kier molecular flexibility index (Phi) is 4.02. The van der Waals surface area contributed by atoms with Crippen molar-refractivity contribution >= 4 is 47.8 Å². The summed E-state index contributed by atoms with van der Waals surface area (Å²) in [4.78, 5) is 5.92. The molecule has 1 aromatic carbocycles. The van der Waals surface area contributed by atoms with Gasteiger partial charge in [-0.25, -0.2) is 4.98 Å². The quantitative estimate of drug-likeness (QED) is 0.527. The minimum atomic E-state index is -0.506. The van der Waals surface area contributed by atoms with Crippen LogP contribution in [0.15, 0.2) is 42.9 Å². The van der Waals surface area contributed by atoms with Crippen molar-refractivity contribution in [3.8, 4) is 17.2 Å². The molecule has 0 bridgehead atoms. The third kappa shape index (κ3) is 2.97. The van der Waals surface area contributed by atoms with Gasteiger partial charge in [-0.15, -0.1) is 0 Å². The molecule has 0 amide bonds. The predicted octanol–water partition coefficient (Wildman–Crippen LogP) is 3.96. The third-order valence-electron chi connectivity index (χ3n) is 2.94. The maximum atomic E-state index is 4.40. The van der Waals surface area contributed by atoms with Gasteiger partial charge in [-0.3, -0.25) is 4.57 Å². The number of hydrogen-bond donors (Lipinski definition) is 0. The second kappa shape index (κ2) is 5.66. The second-order valence-corrected chi connectivity index (χ2v) is 11.1. The van der Waals surface area contributed by atoms with Crippen LogP contribution in [0.2, 0.25) is 0 Å². The van der Waals surface area contributed by atoms with Gasteiger partial charge in [-0.05, 0) is 6.07 Å². The van der Waals surface area contributed by atoms with Crippen LogP contribution < -0.4 is 0 Å². The zero-order valence-electron chi connectivity index (χ0n) is 10.9. The molecule has 21 heavy (non-hydrogen) atoms. The zero-order valence-corrected chi connectivity index (χ0v) is 15.7. The predicted molar refractivity (Wildman–Crippen MR) is 92.0 cm³/mol. The van der Waals surface area contributed by atoms with E-state index in [0.717, 1.165) is 22.8 Å². The molecule has 5 nitrogen and oxygen atoms in total. The van der Waals surface area contributed by atoms with Gasteiger partial charge in [0.1, 0.15) is 5.69 Å². The van der Waals surface area contributed by atoms with Crippen molar-refractivity contribution in [3.05, 3.63) is 48.4 Å². The van der Waals surface area contributed by atoms with Crippen molar-refractivity contribution in [2.24, 2.45) is 7.05 Å². The van der Waals surface area contributed by atoms with Gasteiger partial charge in [-0.1, -0.05) is 66.0 Å². The number of hydrogen-bond acceptors (Lipinski definition) is 3. The molecule has 108 valence electrons. The molecule has 0 N–H and O–H groups in total. The molecule has 0 aliphatic rings. The van der Waals surface area contributed by atoms with E-state index < -0.39 is 2.14 Å². The van der Waals surface area contributed by atoms with Gasteiger partial charge in [0.25, 0.3) is 0 Å². The molecule has 3 aromatic rings. The first kappa shape index (κ1) is 14.9. The Bertz CT molecular complexity index is 772. The van der Waals surface area contributed by atoms with Crippen LogP contribution in [0.25, 0.3) is 17.2 Å². The van der Waals surface area contributed by atoms with Gasteiger partial charge in [0, 0.05) is 25.0 Å². The van der Waals surface area contributed by atoms with Crippen LogP contribution in [0, 0.1) is 0 Å². The number of rotatable bonds is 2. The van der Waals surface area contributed by atoms with Gasteiger partial charge in [0.05, 0.1) is 11.9 Å². The van der Waals surface area contributed by atoms with Gasteiger partial charge in [0.15, 0.2) is 7.97 Å². The van der Waals surface area contributed by atoms with Gasteiger partial charge in [0.2, 0.25) is 0 Å². The van der Waals surface area contributed by atoms with E-state index in [1.54, 1.807) is 19.4 Å². The van der Waals surface area contributed by atoms with Crippen LogP contribution in [0.4, 0.5) is 0 Å². The van der Waals surface area contributed by atoms with Crippen LogP contribution in [0.1, 0.15) is 5.56 Å². The van der Waals surface area contributed by atoms with Crippen molar-refractivity contribution < 1.29 is 0 Å². The number of benzene rings is 1. The summed E-state index contributed by atoms with van der Waals surface area (Å²) in [5.41, 5.74) is 2.73. The highest BCUT2D eigenvalue weighted by molar-refractivity contribution is 9.38. The topological polar surface area (TPSA) is 48.5 Å². The Hall–Kier alpha value is -0.990. The molecule has 2 aromatic heterocycles. The highest BCUT2D eigenvalue weighted by Crippen LogP contribution is 2.46. The van der Waals surface area contributed by atoms with E-state index in [4.69, 9.17) is 0 Å².